The van der Waals surface area contributed by atoms with Crippen LogP contribution in [0.2, 0.25) is 0 Å². The Bertz CT molecular complexity index is 838. The van der Waals surface area contributed by atoms with Crippen molar-refractivity contribution in [1.29, 1.82) is 0 Å². The normalized spacial score (nSPS) is 15.0. The van der Waals surface area contributed by atoms with Crippen molar-refractivity contribution in [2.45, 2.75) is 39.7 Å². The Hall–Kier alpha value is -2.48. The molecule has 0 atom stereocenters. The monoisotopic (exact) mass is 374 g/mol. The number of hydrogen-bond donors (Lipinski definition) is 0. The van der Waals surface area contributed by atoms with Gasteiger partial charge in [-0.05, 0) is 25.8 Å². The Balaban J connectivity index is 1.83. The lowest BCUT2D eigenvalue weighted by Crippen LogP contribution is -2.42. The average Bonchev–Trinajstić information content (AvgIpc) is 3.10. The molecule has 2 aromatic rings. The molecule has 1 saturated heterocycles. The highest BCUT2D eigenvalue weighted by Gasteiger charge is 2.22. The first-order valence-electron chi connectivity index (χ1n) is 9.29. The quantitative estimate of drug-likeness (QED) is 0.746. The van der Waals surface area contributed by atoms with Gasteiger partial charge >= 0.3 is 5.97 Å². The second-order valence-corrected chi connectivity index (χ2v) is 7.24. The molecule has 1 fully saturated rings. The molecule has 1 amide bonds. The van der Waals surface area contributed by atoms with Crippen LogP contribution >= 0.6 is 0 Å². The molecule has 0 spiro atoms. The molecule has 3 heterocycles. The second-order valence-electron chi connectivity index (χ2n) is 7.24. The first-order valence-corrected chi connectivity index (χ1v) is 9.29. The molecule has 8 heteroatoms. The summed E-state index contributed by atoms with van der Waals surface area (Å²) in [7, 11) is 0. The molecule has 146 valence electrons. The minimum atomic E-state index is -0.533. The van der Waals surface area contributed by atoms with Crippen LogP contribution in [0.5, 0.6) is 0 Å². The van der Waals surface area contributed by atoms with Crippen molar-refractivity contribution in [3.8, 4) is 0 Å². The van der Waals surface area contributed by atoms with Crippen molar-refractivity contribution in [3.05, 3.63) is 23.5 Å². The Labute approximate surface area is 158 Å². The number of hydrogen-bond acceptors (Lipinski definition) is 6. The molecular formula is C19H26N4O4. The molecule has 0 aliphatic carbocycles. The van der Waals surface area contributed by atoms with Gasteiger partial charge in [0.2, 0.25) is 0 Å². The van der Waals surface area contributed by atoms with Gasteiger partial charge in [-0.2, -0.15) is 5.10 Å². The van der Waals surface area contributed by atoms with Gasteiger partial charge in [0.25, 0.3) is 5.91 Å². The standard InChI is InChI=1S/C19H26N4O4/c1-12(2)16-9-14(15-10-20-23(13(3)4)18(15)21-16)19(25)27-11-17(24)22-5-7-26-8-6-22/h9-10,12-13H,5-8,11H2,1-4H3. The van der Waals surface area contributed by atoms with E-state index in [1.807, 2.05) is 27.7 Å². The number of morpholine rings is 1. The van der Waals surface area contributed by atoms with Crippen LogP contribution in [0, 0.1) is 0 Å². The van der Waals surface area contributed by atoms with Gasteiger partial charge in [-0.15, -0.1) is 0 Å². The van der Waals surface area contributed by atoms with Crippen molar-refractivity contribution in [2.24, 2.45) is 0 Å². The molecule has 0 N–H and O–H groups in total. The lowest BCUT2D eigenvalue weighted by molar-refractivity contribution is -0.138. The fourth-order valence-electron chi connectivity index (χ4n) is 2.99. The zero-order chi connectivity index (χ0) is 19.6. The number of ether oxygens (including phenoxy) is 2. The lowest BCUT2D eigenvalue weighted by atomic mass is 10.1. The molecule has 27 heavy (non-hydrogen) atoms. The highest BCUT2D eigenvalue weighted by atomic mass is 16.5. The van der Waals surface area contributed by atoms with Gasteiger partial charge in [0.15, 0.2) is 12.3 Å². The summed E-state index contributed by atoms with van der Waals surface area (Å²) in [5.74, 6) is -0.598. The maximum atomic E-state index is 12.7. The Morgan fingerprint density at radius 3 is 2.56 bits per heavy atom. The van der Waals surface area contributed by atoms with Crippen molar-refractivity contribution in [2.75, 3.05) is 32.9 Å². The van der Waals surface area contributed by atoms with Crippen molar-refractivity contribution < 1.29 is 19.1 Å². The van der Waals surface area contributed by atoms with Crippen LogP contribution in [0.3, 0.4) is 0 Å². The van der Waals surface area contributed by atoms with E-state index in [1.54, 1.807) is 21.8 Å². The number of rotatable bonds is 5. The Morgan fingerprint density at radius 1 is 1.22 bits per heavy atom. The third-order valence-corrected chi connectivity index (χ3v) is 4.58. The molecule has 0 unspecified atom stereocenters. The van der Waals surface area contributed by atoms with Gasteiger partial charge in [0.1, 0.15) is 0 Å². The van der Waals surface area contributed by atoms with Gasteiger partial charge in [-0.1, -0.05) is 13.8 Å². The molecule has 0 radical (unpaired) electrons. The SMILES string of the molecule is CC(C)c1cc(C(=O)OCC(=O)N2CCOCC2)c2cnn(C(C)C)c2n1. The van der Waals surface area contributed by atoms with E-state index < -0.39 is 5.97 Å². The van der Waals surface area contributed by atoms with Crippen molar-refractivity contribution in [1.82, 2.24) is 19.7 Å². The summed E-state index contributed by atoms with van der Waals surface area (Å²) >= 11 is 0. The minimum absolute atomic E-state index is 0.115. The third-order valence-electron chi connectivity index (χ3n) is 4.58. The third kappa shape index (κ3) is 4.10. The highest BCUT2D eigenvalue weighted by molar-refractivity contribution is 6.03. The van der Waals surface area contributed by atoms with Crippen molar-refractivity contribution in [3.63, 3.8) is 0 Å². The van der Waals surface area contributed by atoms with Gasteiger partial charge in [0, 0.05) is 24.8 Å². The van der Waals surface area contributed by atoms with Gasteiger partial charge < -0.3 is 14.4 Å². The summed E-state index contributed by atoms with van der Waals surface area (Å²) in [4.78, 5) is 31.3. The highest BCUT2D eigenvalue weighted by Crippen LogP contribution is 2.25. The summed E-state index contributed by atoms with van der Waals surface area (Å²) in [6, 6.07) is 1.85. The number of aromatic nitrogens is 3. The molecule has 0 bridgehead atoms. The number of amides is 1. The largest absolute Gasteiger partial charge is 0.452 e. The summed E-state index contributed by atoms with van der Waals surface area (Å²) in [6.07, 6.45) is 1.63. The van der Waals surface area contributed by atoms with E-state index in [0.717, 1.165) is 5.69 Å². The number of carbonyl (C=O) groups excluding carboxylic acids is 2. The van der Waals surface area contributed by atoms with E-state index in [9.17, 15) is 9.59 Å². The van der Waals surface area contributed by atoms with Gasteiger partial charge in [0.05, 0.1) is 30.4 Å². The van der Waals surface area contributed by atoms with Crippen LogP contribution in [0.1, 0.15) is 55.7 Å². The van der Waals surface area contributed by atoms with Crippen LogP contribution in [-0.2, 0) is 14.3 Å². The molecular weight excluding hydrogens is 348 g/mol. The van der Waals surface area contributed by atoms with Gasteiger partial charge in [-0.3, -0.25) is 4.79 Å². The molecule has 1 aliphatic heterocycles. The maximum Gasteiger partial charge on any atom is 0.339 e. The first-order chi connectivity index (χ1) is 12.9. The molecule has 1 aliphatic rings. The molecule has 8 nitrogen and oxygen atoms in total. The number of carbonyl (C=O) groups is 2. The van der Waals surface area contributed by atoms with E-state index in [2.05, 4.69) is 10.1 Å². The maximum absolute atomic E-state index is 12.7. The molecule has 3 rings (SSSR count). The number of pyridine rings is 1. The predicted octanol–water partition coefficient (Wildman–Crippen LogP) is 2.15. The van der Waals surface area contributed by atoms with E-state index in [4.69, 9.17) is 9.47 Å². The predicted molar refractivity (Wildman–Crippen MR) is 99.7 cm³/mol. The number of fused-ring (bicyclic) bond motifs is 1. The zero-order valence-electron chi connectivity index (χ0n) is 16.3. The topological polar surface area (TPSA) is 86.5 Å². The van der Waals surface area contributed by atoms with Crippen molar-refractivity contribution >= 4 is 22.9 Å². The van der Waals surface area contributed by atoms with E-state index in [-0.39, 0.29) is 24.5 Å². The van der Waals surface area contributed by atoms with Crippen LogP contribution in [0.25, 0.3) is 11.0 Å². The first kappa shape index (κ1) is 19.3. The van der Waals surface area contributed by atoms with E-state index in [0.29, 0.717) is 42.9 Å². The summed E-state index contributed by atoms with van der Waals surface area (Å²) < 4.78 is 12.3. The molecule has 2 aromatic heterocycles. The Morgan fingerprint density at radius 2 is 1.93 bits per heavy atom. The van der Waals surface area contributed by atoms with E-state index >= 15 is 0 Å². The summed E-state index contributed by atoms with van der Waals surface area (Å²) in [6.45, 7) is 9.83. The number of nitrogens with zero attached hydrogens (tertiary/aromatic N) is 4. The fraction of sp³-hybridized carbons (Fsp3) is 0.579. The van der Waals surface area contributed by atoms with Crippen LogP contribution < -0.4 is 0 Å². The van der Waals surface area contributed by atoms with Crippen LogP contribution in [0.4, 0.5) is 0 Å². The average molecular weight is 374 g/mol. The molecule has 0 aromatic carbocycles. The number of esters is 1. The Kier molecular flexibility index (Phi) is 5.74. The summed E-state index contributed by atoms with van der Waals surface area (Å²) in [5.41, 5.74) is 1.84. The zero-order valence-corrected chi connectivity index (χ0v) is 16.3. The fourth-order valence-corrected chi connectivity index (χ4v) is 2.99. The minimum Gasteiger partial charge on any atom is -0.452 e. The van der Waals surface area contributed by atoms with E-state index in [1.165, 1.54) is 0 Å². The van der Waals surface area contributed by atoms with Crippen LogP contribution in [0.15, 0.2) is 12.3 Å². The van der Waals surface area contributed by atoms with Gasteiger partial charge in [-0.25, -0.2) is 14.5 Å². The summed E-state index contributed by atoms with van der Waals surface area (Å²) in [5, 5.41) is 5.00. The lowest BCUT2D eigenvalue weighted by Gasteiger charge is -2.26. The second kappa shape index (κ2) is 8.04. The smallest absolute Gasteiger partial charge is 0.339 e. The van der Waals surface area contributed by atoms with Crippen LogP contribution in [-0.4, -0.2) is 64.5 Å². The molecule has 0 saturated carbocycles.